The van der Waals surface area contributed by atoms with Gasteiger partial charge >= 0.3 is 0 Å². The Bertz CT molecular complexity index is 951. The third-order valence-corrected chi connectivity index (χ3v) is 5.41. The molecule has 178 valence electrons. The average Bonchev–Trinajstić information content (AvgIpc) is 2.77. The van der Waals surface area contributed by atoms with Gasteiger partial charge in [-0.25, -0.2) is 0 Å². The van der Waals surface area contributed by atoms with Crippen molar-refractivity contribution >= 4 is 50.8 Å². The van der Waals surface area contributed by atoms with E-state index in [-0.39, 0.29) is 16.9 Å². The second kappa shape index (κ2) is 13.9. The Labute approximate surface area is 208 Å². The molecule has 0 bridgehead atoms. The molecule has 0 radical (unpaired) electrons. The van der Waals surface area contributed by atoms with E-state index in [2.05, 4.69) is 45.7 Å². The highest BCUT2D eigenvalue weighted by molar-refractivity contribution is 9.10. The zero-order valence-electron chi connectivity index (χ0n) is 19.1. The number of rotatable bonds is 11. The monoisotopic (exact) mass is 535 g/mol. The van der Waals surface area contributed by atoms with Crippen molar-refractivity contribution in [2.45, 2.75) is 26.7 Å². The predicted octanol–water partition coefficient (Wildman–Crippen LogP) is 4.77. The number of methoxy groups -OCH3 is 1. The SMILES string of the molecule is COCCCNC(=O)c1ccc(NC(=S)NC(=O)c2ccc(OCCC(C)C)c(Br)c2)cc1. The minimum absolute atomic E-state index is 0.157. The quantitative estimate of drug-likeness (QED) is 0.283. The van der Waals surface area contributed by atoms with Crippen LogP contribution in [0.2, 0.25) is 0 Å². The van der Waals surface area contributed by atoms with E-state index in [1.807, 2.05) is 0 Å². The third-order valence-electron chi connectivity index (χ3n) is 4.59. The summed E-state index contributed by atoms with van der Waals surface area (Å²) in [6.45, 7) is 6.03. The maximum Gasteiger partial charge on any atom is 0.257 e. The summed E-state index contributed by atoms with van der Waals surface area (Å²) in [4.78, 5) is 24.7. The normalized spacial score (nSPS) is 10.6. The van der Waals surface area contributed by atoms with E-state index in [0.717, 1.165) is 12.8 Å². The predicted molar refractivity (Wildman–Crippen MR) is 138 cm³/mol. The number of thiocarbonyl (C=S) groups is 1. The van der Waals surface area contributed by atoms with Gasteiger partial charge in [0.15, 0.2) is 5.11 Å². The summed E-state index contributed by atoms with van der Waals surface area (Å²) in [7, 11) is 1.62. The third kappa shape index (κ3) is 9.49. The van der Waals surface area contributed by atoms with E-state index in [4.69, 9.17) is 21.7 Å². The molecule has 0 aliphatic heterocycles. The zero-order chi connectivity index (χ0) is 24.2. The molecule has 0 spiro atoms. The summed E-state index contributed by atoms with van der Waals surface area (Å²) in [5, 5.41) is 8.59. The van der Waals surface area contributed by atoms with Crippen molar-refractivity contribution in [3.05, 3.63) is 58.1 Å². The van der Waals surface area contributed by atoms with Gasteiger partial charge in [0.05, 0.1) is 11.1 Å². The van der Waals surface area contributed by atoms with E-state index in [9.17, 15) is 9.59 Å². The van der Waals surface area contributed by atoms with Crippen molar-refractivity contribution in [2.75, 3.05) is 32.2 Å². The molecule has 3 N–H and O–H groups in total. The van der Waals surface area contributed by atoms with Gasteiger partial charge in [-0.3, -0.25) is 14.9 Å². The molecule has 2 aromatic rings. The first-order chi connectivity index (χ1) is 15.8. The summed E-state index contributed by atoms with van der Waals surface area (Å²) in [6.07, 6.45) is 1.70. The lowest BCUT2D eigenvalue weighted by Gasteiger charge is -2.12. The Morgan fingerprint density at radius 2 is 1.73 bits per heavy atom. The summed E-state index contributed by atoms with van der Waals surface area (Å²) < 4.78 is 11.4. The van der Waals surface area contributed by atoms with Crippen LogP contribution in [0.1, 0.15) is 47.4 Å². The molecule has 2 amide bonds. The highest BCUT2D eigenvalue weighted by atomic mass is 79.9. The highest BCUT2D eigenvalue weighted by Crippen LogP contribution is 2.26. The number of carbonyl (C=O) groups is 2. The molecular weight excluding hydrogens is 506 g/mol. The number of carbonyl (C=O) groups excluding carboxylic acids is 2. The van der Waals surface area contributed by atoms with Gasteiger partial charge in [-0.1, -0.05) is 13.8 Å². The summed E-state index contributed by atoms with van der Waals surface area (Å²) in [6, 6.07) is 12.0. The van der Waals surface area contributed by atoms with Gasteiger partial charge in [-0.2, -0.15) is 0 Å². The van der Waals surface area contributed by atoms with Crippen LogP contribution in [0.25, 0.3) is 0 Å². The molecule has 0 aromatic heterocycles. The lowest BCUT2D eigenvalue weighted by atomic mass is 10.1. The second-order valence-electron chi connectivity index (χ2n) is 7.76. The summed E-state index contributed by atoms with van der Waals surface area (Å²) >= 11 is 8.70. The largest absolute Gasteiger partial charge is 0.492 e. The molecule has 0 atom stereocenters. The van der Waals surface area contributed by atoms with Gasteiger partial charge < -0.3 is 20.1 Å². The molecular formula is C24H30BrN3O4S. The van der Waals surface area contributed by atoms with Crippen molar-refractivity contribution < 1.29 is 19.1 Å². The number of amides is 2. The minimum atomic E-state index is -0.339. The van der Waals surface area contributed by atoms with Crippen molar-refractivity contribution in [2.24, 2.45) is 5.92 Å². The Balaban J connectivity index is 1.85. The first-order valence-corrected chi connectivity index (χ1v) is 11.9. The lowest BCUT2D eigenvalue weighted by Crippen LogP contribution is -2.34. The van der Waals surface area contributed by atoms with E-state index >= 15 is 0 Å². The zero-order valence-corrected chi connectivity index (χ0v) is 21.5. The molecule has 2 aromatic carbocycles. The van der Waals surface area contributed by atoms with E-state index in [1.165, 1.54) is 0 Å². The Kier molecular flexibility index (Phi) is 11.3. The van der Waals surface area contributed by atoms with Gasteiger partial charge in [0.2, 0.25) is 0 Å². The molecule has 9 heteroatoms. The molecule has 2 rings (SSSR count). The van der Waals surface area contributed by atoms with Crippen molar-refractivity contribution in [3.8, 4) is 5.75 Å². The Hall–Kier alpha value is -2.49. The molecule has 0 saturated carbocycles. The fourth-order valence-electron chi connectivity index (χ4n) is 2.73. The maximum absolute atomic E-state index is 12.5. The lowest BCUT2D eigenvalue weighted by molar-refractivity contribution is 0.0946. The number of halogens is 1. The number of hydrogen-bond acceptors (Lipinski definition) is 5. The van der Waals surface area contributed by atoms with E-state index < -0.39 is 0 Å². The number of nitrogens with one attached hydrogen (secondary N) is 3. The number of benzene rings is 2. The average molecular weight is 536 g/mol. The van der Waals surface area contributed by atoms with Crippen LogP contribution in [-0.2, 0) is 4.74 Å². The fraction of sp³-hybridized carbons (Fsp3) is 0.375. The molecule has 0 aliphatic carbocycles. The molecule has 0 saturated heterocycles. The molecule has 0 unspecified atom stereocenters. The minimum Gasteiger partial charge on any atom is -0.492 e. The topological polar surface area (TPSA) is 88.7 Å². The van der Waals surface area contributed by atoms with Gasteiger partial charge in [0, 0.05) is 37.1 Å². The number of anilines is 1. The van der Waals surface area contributed by atoms with Gasteiger partial charge in [-0.15, -0.1) is 0 Å². The highest BCUT2D eigenvalue weighted by Gasteiger charge is 2.12. The van der Waals surface area contributed by atoms with Crippen LogP contribution in [0.15, 0.2) is 46.9 Å². The van der Waals surface area contributed by atoms with Crippen LogP contribution in [0.3, 0.4) is 0 Å². The Morgan fingerprint density at radius 3 is 2.36 bits per heavy atom. The van der Waals surface area contributed by atoms with Crippen LogP contribution in [0.5, 0.6) is 5.75 Å². The number of hydrogen-bond donors (Lipinski definition) is 3. The molecule has 0 fully saturated rings. The molecule has 0 heterocycles. The smallest absolute Gasteiger partial charge is 0.257 e. The van der Waals surface area contributed by atoms with Gasteiger partial charge in [0.25, 0.3) is 11.8 Å². The van der Waals surface area contributed by atoms with Crippen LogP contribution in [0.4, 0.5) is 5.69 Å². The van der Waals surface area contributed by atoms with Gasteiger partial charge in [-0.05, 0) is 89.4 Å². The first kappa shape index (κ1) is 26.8. The maximum atomic E-state index is 12.5. The van der Waals surface area contributed by atoms with E-state index in [0.29, 0.717) is 52.7 Å². The summed E-state index contributed by atoms with van der Waals surface area (Å²) in [5.41, 5.74) is 1.64. The second-order valence-corrected chi connectivity index (χ2v) is 9.03. The van der Waals surface area contributed by atoms with Crippen LogP contribution >= 0.6 is 28.1 Å². The standard InChI is InChI=1S/C24H30BrN3O4S/c1-16(2)11-14-32-21-10-7-18(15-20(21)25)23(30)28-24(33)27-19-8-5-17(6-9-19)22(29)26-12-4-13-31-3/h5-10,15-16H,4,11-14H2,1-3H3,(H,26,29)(H2,27,28,30,33). The van der Waals surface area contributed by atoms with Crippen molar-refractivity contribution in [1.29, 1.82) is 0 Å². The van der Waals surface area contributed by atoms with Crippen molar-refractivity contribution in [1.82, 2.24) is 10.6 Å². The molecule has 7 nitrogen and oxygen atoms in total. The first-order valence-electron chi connectivity index (χ1n) is 10.7. The summed E-state index contributed by atoms with van der Waals surface area (Å²) in [5.74, 6) is 0.752. The molecule has 0 aliphatic rings. The van der Waals surface area contributed by atoms with Crippen LogP contribution in [0, 0.1) is 5.92 Å². The fourth-order valence-corrected chi connectivity index (χ4v) is 3.43. The number of ether oxygens (including phenoxy) is 2. The Morgan fingerprint density at radius 1 is 1.03 bits per heavy atom. The van der Waals surface area contributed by atoms with Crippen LogP contribution in [-0.4, -0.2) is 43.8 Å². The van der Waals surface area contributed by atoms with Crippen LogP contribution < -0.4 is 20.7 Å². The van der Waals surface area contributed by atoms with Crippen molar-refractivity contribution in [3.63, 3.8) is 0 Å². The van der Waals surface area contributed by atoms with E-state index in [1.54, 1.807) is 49.6 Å². The van der Waals surface area contributed by atoms with Gasteiger partial charge in [0.1, 0.15) is 5.75 Å². The molecule has 33 heavy (non-hydrogen) atoms.